The van der Waals surface area contributed by atoms with Crippen molar-refractivity contribution in [3.8, 4) is 0 Å². The lowest BCUT2D eigenvalue weighted by atomic mass is 9.98. The molecule has 0 amide bonds. The smallest absolute Gasteiger partial charge is 0.323 e. The van der Waals surface area contributed by atoms with Crippen molar-refractivity contribution in [2.45, 2.75) is 77.3 Å². The number of carbonyl (C=O) groups is 1. The molecule has 0 aliphatic carbocycles. The number of alkyl halides is 1. The fraction of sp³-hybridized carbons (Fsp3) is 0.714. The Morgan fingerprint density at radius 3 is 2.78 bits per heavy atom. The number of anilines is 2. The molecule has 1 saturated heterocycles. The van der Waals surface area contributed by atoms with Crippen LogP contribution in [0.2, 0.25) is 0 Å². The van der Waals surface area contributed by atoms with Crippen LogP contribution in [-0.2, 0) is 23.4 Å². The summed E-state index contributed by atoms with van der Waals surface area (Å²) in [6, 6.07) is -0.880. The molecule has 2 aromatic rings. The van der Waals surface area contributed by atoms with Crippen molar-refractivity contribution in [1.82, 2.24) is 24.6 Å². The van der Waals surface area contributed by atoms with Crippen molar-refractivity contribution < 1.29 is 32.9 Å². The van der Waals surface area contributed by atoms with Gasteiger partial charge in [-0.2, -0.15) is 9.97 Å². The van der Waals surface area contributed by atoms with Crippen molar-refractivity contribution in [1.29, 1.82) is 0 Å². The molecule has 0 radical (unpaired) electrons. The van der Waals surface area contributed by atoms with Gasteiger partial charge in [0.05, 0.1) is 19.0 Å². The number of nitrogen functional groups attached to an aromatic ring is 1. The van der Waals surface area contributed by atoms with E-state index in [4.69, 9.17) is 19.7 Å². The predicted molar refractivity (Wildman–Crippen MR) is 132 cm³/mol. The van der Waals surface area contributed by atoms with E-state index in [1.54, 1.807) is 13.8 Å². The quantitative estimate of drug-likeness (QED) is 0.283. The normalized spacial score (nSPS) is 25.9. The summed E-state index contributed by atoms with van der Waals surface area (Å²) in [7, 11) is -1.08. The number of esters is 1. The molecule has 4 N–H and O–H groups in total. The van der Waals surface area contributed by atoms with Gasteiger partial charge in [-0.3, -0.25) is 13.9 Å². The first kappa shape index (κ1) is 28.2. The summed E-state index contributed by atoms with van der Waals surface area (Å²) in [5.41, 5.74) is 4.30. The molecule has 1 unspecified atom stereocenters. The SMILES string of the molecule is CCCN(C)c1nc(N)nc2c1ncn2[C@@H]1O[C@H](CO[PH](=O)N[C@@H](C)C(=O)OC(C)C)[C@@H](O)[C@@]1(C)F. The Kier molecular flexibility index (Phi) is 8.88. The maximum atomic E-state index is 15.7. The van der Waals surface area contributed by atoms with E-state index >= 15 is 4.39 Å². The van der Waals surface area contributed by atoms with Crippen LogP contribution >= 0.6 is 8.18 Å². The number of imidazole rings is 1. The van der Waals surface area contributed by atoms with Gasteiger partial charge in [-0.25, -0.2) is 14.5 Å². The second-order valence-electron chi connectivity index (χ2n) is 9.22. The average Bonchev–Trinajstić information content (AvgIpc) is 3.29. The van der Waals surface area contributed by atoms with Crippen LogP contribution in [0, 0.1) is 0 Å². The largest absolute Gasteiger partial charge is 0.462 e. The first-order chi connectivity index (χ1) is 16.9. The predicted octanol–water partition coefficient (Wildman–Crippen LogP) is 1.58. The highest BCUT2D eigenvalue weighted by Gasteiger charge is 2.55. The number of rotatable bonds is 11. The lowest BCUT2D eigenvalue weighted by Crippen LogP contribution is -2.40. The molecule has 3 rings (SSSR count). The molecule has 6 atom stereocenters. The number of carbonyl (C=O) groups excluding carboxylic acids is 1. The summed E-state index contributed by atoms with van der Waals surface area (Å²) in [5.74, 6) is -0.111. The molecule has 1 fully saturated rings. The summed E-state index contributed by atoms with van der Waals surface area (Å²) >= 11 is 0. The molecule has 0 spiro atoms. The van der Waals surface area contributed by atoms with E-state index in [1.807, 2.05) is 18.9 Å². The fourth-order valence-corrected chi connectivity index (χ4v) is 4.79. The third kappa shape index (κ3) is 5.94. The second kappa shape index (κ2) is 11.3. The summed E-state index contributed by atoms with van der Waals surface area (Å²) in [4.78, 5) is 26.6. The average molecular weight is 532 g/mol. The molecular formula is C21H35FN7O6P. The first-order valence-corrected chi connectivity index (χ1v) is 13.1. The summed E-state index contributed by atoms with van der Waals surface area (Å²) in [6.45, 7) is 8.39. The molecule has 3 heterocycles. The van der Waals surface area contributed by atoms with Gasteiger partial charge in [0.2, 0.25) is 5.95 Å². The molecule has 202 valence electrons. The number of aliphatic hydroxyl groups excluding tert-OH is 1. The van der Waals surface area contributed by atoms with Crippen molar-refractivity contribution in [2.75, 3.05) is 30.8 Å². The molecular weight excluding hydrogens is 496 g/mol. The van der Waals surface area contributed by atoms with E-state index in [-0.39, 0.29) is 24.3 Å². The fourth-order valence-electron chi connectivity index (χ4n) is 3.92. The molecule has 1 aliphatic rings. The molecule has 2 aromatic heterocycles. The van der Waals surface area contributed by atoms with E-state index in [2.05, 4.69) is 20.0 Å². The molecule has 0 aromatic carbocycles. The van der Waals surface area contributed by atoms with Gasteiger partial charge in [0, 0.05) is 13.6 Å². The van der Waals surface area contributed by atoms with Gasteiger partial charge in [-0.1, -0.05) is 6.92 Å². The zero-order valence-electron chi connectivity index (χ0n) is 21.3. The molecule has 15 heteroatoms. The highest BCUT2D eigenvalue weighted by atomic mass is 31.1. The van der Waals surface area contributed by atoms with Crippen LogP contribution in [-0.4, -0.2) is 80.8 Å². The van der Waals surface area contributed by atoms with Crippen LogP contribution in [0.3, 0.4) is 0 Å². The lowest BCUT2D eigenvalue weighted by Gasteiger charge is -2.25. The van der Waals surface area contributed by atoms with Gasteiger partial charge < -0.3 is 29.7 Å². The zero-order valence-corrected chi connectivity index (χ0v) is 22.3. The zero-order chi connectivity index (χ0) is 26.8. The van der Waals surface area contributed by atoms with E-state index < -0.39 is 44.3 Å². The molecule has 36 heavy (non-hydrogen) atoms. The Morgan fingerprint density at radius 1 is 1.44 bits per heavy atom. The third-order valence-electron chi connectivity index (χ3n) is 5.73. The van der Waals surface area contributed by atoms with E-state index in [1.165, 1.54) is 24.7 Å². The minimum atomic E-state index is -2.92. The third-order valence-corrected chi connectivity index (χ3v) is 6.83. The Labute approximate surface area is 209 Å². The Bertz CT molecular complexity index is 1100. The number of nitrogens with one attached hydrogen (secondary N) is 1. The summed E-state index contributed by atoms with van der Waals surface area (Å²) in [6.07, 6.45) is -2.20. The first-order valence-electron chi connectivity index (χ1n) is 11.7. The number of nitrogens with two attached hydrogens (primary N) is 1. The maximum absolute atomic E-state index is 15.7. The topological polar surface area (TPSA) is 167 Å². The van der Waals surface area contributed by atoms with Gasteiger partial charge in [-0.15, -0.1) is 0 Å². The highest BCUT2D eigenvalue weighted by Crippen LogP contribution is 2.43. The van der Waals surface area contributed by atoms with Gasteiger partial charge in [0.1, 0.15) is 18.2 Å². The number of fused-ring (bicyclic) bond motifs is 1. The van der Waals surface area contributed by atoms with Crippen LogP contribution in [0.25, 0.3) is 11.2 Å². The van der Waals surface area contributed by atoms with Crippen LogP contribution in [0.1, 0.15) is 47.3 Å². The number of hydrogen-bond donors (Lipinski definition) is 3. The van der Waals surface area contributed by atoms with Crippen LogP contribution < -0.4 is 15.7 Å². The van der Waals surface area contributed by atoms with E-state index in [0.717, 1.165) is 6.42 Å². The van der Waals surface area contributed by atoms with Gasteiger partial charge >= 0.3 is 5.97 Å². The number of ether oxygens (including phenoxy) is 2. The summed E-state index contributed by atoms with van der Waals surface area (Å²) in [5, 5.41) is 13.2. The number of halogens is 1. The Morgan fingerprint density at radius 2 is 2.14 bits per heavy atom. The Hall–Kier alpha value is -2.38. The highest BCUT2D eigenvalue weighted by molar-refractivity contribution is 7.36. The van der Waals surface area contributed by atoms with Crippen molar-refractivity contribution in [3.63, 3.8) is 0 Å². The Balaban J connectivity index is 1.75. The minimum absolute atomic E-state index is 0.0176. The minimum Gasteiger partial charge on any atom is -0.462 e. The number of aromatic nitrogens is 4. The van der Waals surface area contributed by atoms with Gasteiger partial charge in [-0.05, 0) is 34.1 Å². The van der Waals surface area contributed by atoms with Crippen LogP contribution in [0.15, 0.2) is 6.33 Å². The maximum Gasteiger partial charge on any atom is 0.323 e. The van der Waals surface area contributed by atoms with E-state index in [9.17, 15) is 14.5 Å². The standard InChI is InChI=1S/C21H35FN7O6P/c1-7-8-28(6)16-14-17(26-20(23)25-16)29(10-24-14)19-21(5,22)15(30)13(35-19)9-33-36(32)27-12(4)18(31)34-11(2)3/h10-13,15,19,30,36H,7-9H2,1-6H3,(H,27,32)(H2,23,25,26)/t12-,13+,15+,19+,21+/m0/s1. The molecule has 13 nitrogen and oxygen atoms in total. The number of nitrogens with zero attached hydrogens (tertiary/aromatic N) is 5. The second-order valence-corrected chi connectivity index (χ2v) is 10.4. The van der Waals surface area contributed by atoms with Crippen LogP contribution in [0.5, 0.6) is 0 Å². The van der Waals surface area contributed by atoms with Gasteiger partial charge in [0.15, 0.2) is 28.9 Å². The van der Waals surface area contributed by atoms with Gasteiger partial charge in [0.25, 0.3) is 8.18 Å². The van der Waals surface area contributed by atoms with Crippen molar-refractivity contribution in [2.24, 2.45) is 0 Å². The molecule has 0 bridgehead atoms. The number of hydrogen-bond acceptors (Lipinski definition) is 11. The molecule has 0 saturated carbocycles. The van der Waals surface area contributed by atoms with Crippen molar-refractivity contribution >= 4 is 37.1 Å². The molecule has 1 aliphatic heterocycles. The number of aliphatic hydroxyl groups is 1. The van der Waals surface area contributed by atoms with Crippen molar-refractivity contribution in [3.05, 3.63) is 6.33 Å². The van der Waals surface area contributed by atoms with E-state index in [0.29, 0.717) is 17.9 Å². The van der Waals surface area contributed by atoms with Crippen LogP contribution in [0.4, 0.5) is 16.2 Å². The monoisotopic (exact) mass is 531 g/mol. The summed E-state index contributed by atoms with van der Waals surface area (Å²) < 4.78 is 45.5. The lowest BCUT2D eigenvalue weighted by molar-refractivity contribution is -0.149.